The van der Waals surface area contributed by atoms with Crippen LogP contribution in [0.3, 0.4) is 0 Å². The average molecular weight is 590 g/mol. The second-order valence-corrected chi connectivity index (χ2v) is 10.9. The van der Waals surface area contributed by atoms with Crippen molar-refractivity contribution in [3.8, 4) is 11.5 Å². The van der Waals surface area contributed by atoms with Crippen molar-refractivity contribution < 1.29 is 14.8 Å². The first kappa shape index (κ1) is 24.3. The fraction of sp³-hybridized carbons (Fsp3) is 0.143. The van der Waals surface area contributed by atoms with E-state index in [-0.39, 0.29) is 17.2 Å². The lowest BCUT2D eigenvalue weighted by molar-refractivity contribution is -0.385. The van der Waals surface area contributed by atoms with Crippen LogP contribution in [0.1, 0.15) is 34.7 Å². The second kappa shape index (κ2) is 9.38. The van der Waals surface area contributed by atoms with Crippen LogP contribution in [0.2, 0.25) is 0 Å². The number of aromatic hydroxyl groups is 1. The summed E-state index contributed by atoms with van der Waals surface area (Å²) >= 11 is 4.46. The Morgan fingerprint density at radius 2 is 1.95 bits per heavy atom. The third-order valence-electron chi connectivity index (χ3n) is 6.87. The van der Waals surface area contributed by atoms with Crippen LogP contribution in [-0.2, 0) is 6.42 Å². The first-order valence-corrected chi connectivity index (χ1v) is 13.4. The van der Waals surface area contributed by atoms with Crippen LogP contribution in [0.4, 0.5) is 5.69 Å². The highest BCUT2D eigenvalue weighted by atomic mass is 79.9. The number of halogens is 1. The first-order chi connectivity index (χ1) is 18.4. The van der Waals surface area contributed by atoms with E-state index in [9.17, 15) is 20.0 Å². The third kappa shape index (κ3) is 3.97. The SMILES string of the molecule is COc1ccc([C@@H]2C3=C(N=c4s/c(=C\c5cc(Br)cc([N+](=O)[O-])c5O)c(=O)n42)c2ccccc2CC3)cc1. The normalized spacial score (nSPS) is 16.4. The quantitative estimate of drug-likeness (QED) is 0.274. The summed E-state index contributed by atoms with van der Waals surface area (Å²) in [4.78, 5) is 30.1. The topological polar surface area (TPSA) is 107 Å². The maximum absolute atomic E-state index is 13.9. The van der Waals surface area contributed by atoms with Gasteiger partial charge in [-0.05, 0) is 53.8 Å². The van der Waals surface area contributed by atoms with Crippen molar-refractivity contribution in [2.75, 3.05) is 7.11 Å². The van der Waals surface area contributed by atoms with Crippen molar-refractivity contribution >= 4 is 44.7 Å². The fourth-order valence-electron chi connectivity index (χ4n) is 5.10. The number of phenols is 1. The Morgan fingerprint density at radius 3 is 2.68 bits per heavy atom. The van der Waals surface area contributed by atoms with Crippen LogP contribution < -0.4 is 19.6 Å². The van der Waals surface area contributed by atoms with Crippen LogP contribution in [0.25, 0.3) is 11.8 Å². The lowest BCUT2D eigenvalue weighted by Crippen LogP contribution is -2.38. The Hall–Kier alpha value is -4.02. The summed E-state index contributed by atoms with van der Waals surface area (Å²) < 4.78 is 7.77. The van der Waals surface area contributed by atoms with Gasteiger partial charge < -0.3 is 9.84 Å². The number of hydrogen-bond donors (Lipinski definition) is 1. The number of hydrogen-bond acceptors (Lipinski definition) is 7. The molecule has 6 rings (SSSR count). The lowest BCUT2D eigenvalue weighted by Gasteiger charge is -2.30. The van der Waals surface area contributed by atoms with E-state index >= 15 is 0 Å². The van der Waals surface area contributed by atoms with Gasteiger partial charge in [-0.3, -0.25) is 19.5 Å². The zero-order valence-corrected chi connectivity index (χ0v) is 22.5. The molecule has 0 radical (unpaired) electrons. The largest absolute Gasteiger partial charge is 0.502 e. The predicted octanol–water partition coefficient (Wildman–Crippen LogP) is 4.70. The monoisotopic (exact) mass is 589 g/mol. The summed E-state index contributed by atoms with van der Waals surface area (Å²) in [6.45, 7) is 0. The number of thiazole rings is 1. The Labute approximate surface area is 228 Å². The minimum Gasteiger partial charge on any atom is -0.502 e. The number of methoxy groups -OCH3 is 1. The Balaban J connectivity index is 1.61. The van der Waals surface area contributed by atoms with Crippen molar-refractivity contribution in [1.82, 2.24) is 4.57 Å². The van der Waals surface area contributed by atoms with E-state index in [1.807, 2.05) is 36.4 Å². The summed E-state index contributed by atoms with van der Waals surface area (Å²) in [6, 6.07) is 18.3. The van der Waals surface area contributed by atoms with Crippen LogP contribution in [0.15, 0.2) is 80.5 Å². The molecule has 190 valence electrons. The summed E-state index contributed by atoms with van der Waals surface area (Å²) in [5, 5.41) is 22.0. The van der Waals surface area contributed by atoms with Crippen molar-refractivity contribution in [1.29, 1.82) is 0 Å². The lowest BCUT2D eigenvalue weighted by atomic mass is 9.83. The minimum atomic E-state index is -0.659. The minimum absolute atomic E-state index is 0.173. The maximum atomic E-state index is 13.9. The first-order valence-electron chi connectivity index (χ1n) is 11.8. The number of aromatic nitrogens is 1. The molecule has 8 nitrogen and oxygen atoms in total. The molecule has 1 aliphatic carbocycles. The molecule has 0 bridgehead atoms. The smallest absolute Gasteiger partial charge is 0.312 e. The van der Waals surface area contributed by atoms with Crippen molar-refractivity contribution in [2.24, 2.45) is 4.99 Å². The molecule has 0 unspecified atom stereocenters. The van der Waals surface area contributed by atoms with Gasteiger partial charge in [-0.1, -0.05) is 63.7 Å². The highest BCUT2D eigenvalue weighted by molar-refractivity contribution is 9.10. The molecular weight excluding hydrogens is 570 g/mol. The van der Waals surface area contributed by atoms with Gasteiger partial charge in [0.1, 0.15) is 5.75 Å². The summed E-state index contributed by atoms with van der Waals surface area (Å²) in [5.41, 5.74) is 4.60. The molecule has 0 amide bonds. The van der Waals surface area contributed by atoms with E-state index < -0.39 is 16.4 Å². The van der Waals surface area contributed by atoms with E-state index in [1.165, 1.54) is 29.0 Å². The highest BCUT2D eigenvalue weighted by Crippen LogP contribution is 2.41. The van der Waals surface area contributed by atoms with Crippen LogP contribution in [0.5, 0.6) is 11.5 Å². The number of allylic oxidation sites excluding steroid dienone is 1. The van der Waals surface area contributed by atoms with Gasteiger partial charge in [0.2, 0.25) is 5.75 Å². The summed E-state index contributed by atoms with van der Waals surface area (Å²) in [6.07, 6.45) is 3.09. The molecule has 10 heteroatoms. The van der Waals surface area contributed by atoms with E-state index in [2.05, 4.69) is 28.1 Å². The number of nitro benzene ring substituents is 1. The zero-order chi connectivity index (χ0) is 26.6. The van der Waals surface area contributed by atoms with Gasteiger partial charge in [-0.2, -0.15) is 0 Å². The van der Waals surface area contributed by atoms with Crippen molar-refractivity contribution in [3.63, 3.8) is 0 Å². The molecule has 2 aliphatic rings. The van der Waals surface area contributed by atoms with Gasteiger partial charge in [-0.25, -0.2) is 4.99 Å². The van der Waals surface area contributed by atoms with Crippen LogP contribution >= 0.6 is 27.3 Å². The van der Waals surface area contributed by atoms with Gasteiger partial charge in [-0.15, -0.1) is 0 Å². The van der Waals surface area contributed by atoms with Gasteiger partial charge in [0.15, 0.2) is 4.80 Å². The van der Waals surface area contributed by atoms with Crippen molar-refractivity contribution in [2.45, 2.75) is 18.9 Å². The Kier molecular flexibility index (Phi) is 6.00. The van der Waals surface area contributed by atoms with Gasteiger partial charge in [0.25, 0.3) is 5.56 Å². The summed E-state index contributed by atoms with van der Waals surface area (Å²) in [7, 11) is 1.61. The van der Waals surface area contributed by atoms with E-state index in [0.29, 0.717) is 13.8 Å². The number of nitrogens with zero attached hydrogens (tertiary/aromatic N) is 3. The number of ether oxygens (including phenoxy) is 1. The standard InChI is InChI=1S/C28H20BrN3O5S/c1-37-19-9-6-16(7-10-19)25-21-11-8-15-4-2-3-5-20(15)24(21)30-28-31(25)27(34)23(38-28)13-17-12-18(29)14-22(26(17)33)32(35)36/h2-7,9-10,12-14,25,33H,8,11H2,1H3/b23-13-/t25-/m1/s1. The number of fused-ring (bicyclic) bond motifs is 3. The second-order valence-electron chi connectivity index (χ2n) is 9.01. The molecule has 3 aromatic carbocycles. The molecule has 0 fully saturated rings. The molecule has 1 atom stereocenters. The number of phenolic OH excluding ortho intramolecular Hbond substituents is 1. The van der Waals surface area contributed by atoms with Gasteiger partial charge in [0, 0.05) is 21.7 Å². The molecule has 0 saturated heterocycles. The fourth-order valence-corrected chi connectivity index (χ4v) is 6.56. The number of benzene rings is 3. The van der Waals surface area contributed by atoms with E-state index in [1.54, 1.807) is 17.7 Å². The molecule has 2 heterocycles. The van der Waals surface area contributed by atoms with Gasteiger partial charge in [0.05, 0.1) is 28.3 Å². The van der Waals surface area contributed by atoms with Crippen molar-refractivity contribution in [3.05, 3.63) is 123 Å². The van der Waals surface area contributed by atoms with Crippen LogP contribution in [0, 0.1) is 10.1 Å². The zero-order valence-electron chi connectivity index (χ0n) is 20.1. The molecule has 1 N–H and O–H groups in total. The summed E-state index contributed by atoms with van der Waals surface area (Å²) in [5.74, 6) is 0.222. The molecule has 38 heavy (non-hydrogen) atoms. The number of aryl methyl sites for hydroxylation is 1. The molecule has 4 aromatic rings. The Morgan fingerprint density at radius 1 is 1.18 bits per heavy atom. The molecule has 1 aliphatic heterocycles. The van der Waals surface area contributed by atoms with E-state index in [4.69, 9.17) is 9.73 Å². The predicted molar refractivity (Wildman–Crippen MR) is 148 cm³/mol. The van der Waals surface area contributed by atoms with E-state index in [0.717, 1.165) is 41.0 Å². The number of nitro groups is 1. The maximum Gasteiger partial charge on any atom is 0.312 e. The molecular formula is C28H20BrN3O5S. The molecule has 0 spiro atoms. The Bertz CT molecular complexity index is 1840. The van der Waals surface area contributed by atoms with Crippen LogP contribution in [-0.4, -0.2) is 21.7 Å². The molecule has 0 saturated carbocycles. The number of rotatable bonds is 4. The highest BCUT2D eigenvalue weighted by Gasteiger charge is 2.32. The molecule has 1 aromatic heterocycles. The average Bonchev–Trinajstić information content (AvgIpc) is 3.23. The van der Waals surface area contributed by atoms with Gasteiger partial charge >= 0.3 is 5.69 Å². The third-order valence-corrected chi connectivity index (χ3v) is 8.31.